The van der Waals surface area contributed by atoms with Gasteiger partial charge in [0.2, 0.25) is 0 Å². The summed E-state index contributed by atoms with van der Waals surface area (Å²) in [5.74, 6) is 0.719. The second kappa shape index (κ2) is 7.18. The van der Waals surface area contributed by atoms with Crippen LogP contribution in [0.1, 0.15) is 28.6 Å². The number of halogens is 1. The highest BCUT2D eigenvalue weighted by molar-refractivity contribution is 9.10. The van der Waals surface area contributed by atoms with Crippen LogP contribution in [0.5, 0.6) is 0 Å². The highest BCUT2D eigenvalue weighted by atomic mass is 79.9. The highest BCUT2D eigenvalue weighted by Crippen LogP contribution is 2.34. The van der Waals surface area contributed by atoms with Gasteiger partial charge in [0, 0.05) is 34.5 Å². The van der Waals surface area contributed by atoms with Gasteiger partial charge in [0.1, 0.15) is 0 Å². The molecule has 1 unspecified atom stereocenters. The number of hydrogen-bond donors (Lipinski definition) is 1. The summed E-state index contributed by atoms with van der Waals surface area (Å²) in [7, 11) is 1.79. The Hall–Kier alpha value is 0.0600. The van der Waals surface area contributed by atoms with E-state index in [4.69, 9.17) is 10.5 Å². The van der Waals surface area contributed by atoms with Gasteiger partial charge < -0.3 is 10.5 Å². The van der Waals surface area contributed by atoms with E-state index < -0.39 is 0 Å². The molecule has 1 aliphatic rings. The SMILES string of the molecule is COCC1CCN(C(CN)c2cc(Br)c(C)s2)CC1. The normalized spacial score (nSPS) is 19.8. The minimum Gasteiger partial charge on any atom is -0.384 e. The quantitative estimate of drug-likeness (QED) is 0.889. The van der Waals surface area contributed by atoms with Crippen molar-refractivity contribution in [2.24, 2.45) is 11.7 Å². The molecule has 19 heavy (non-hydrogen) atoms. The monoisotopic (exact) mass is 346 g/mol. The molecule has 2 N–H and O–H groups in total. The van der Waals surface area contributed by atoms with E-state index in [1.165, 1.54) is 27.1 Å². The summed E-state index contributed by atoms with van der Waals surface area (Å²) in [5.41, 5.74) is 6.01. The van der Waals surface area contributed by atoms with E-state index in [0.717, 1.165) is 25.6 Å². The van der Waals surface area contributed by atoms with Crippen LogP contribution in [0, 0.1) is 12.8 Å². The molecule has 1 saturated heterocycles. The van der Waals surface area contributed by atoms with Crippen molar-refractivity contribution in [3.8, 4) is 0 Å². The van der Waals surface area contributed by atoms with Crippen LogP contribution < -0.4 is 5.73 Å². The van der Waals surface area contributed by atoms with Crippen molar-refractivity contribution in [3.05, 3.63) is 20.3 Å². The average Bonchev–Trinajstić information content (AvgIpc) is 2.73. The Morgan fingerprint density at radius 3 is 2.68 bits per heavy atom. The van der Waals surface area contributed by atoms with Crippen molar-refractivity contribution in [2.45, 2.75) is 25.8 Å². The molecular weight excluding hydrogens is 324 g/mol. The number of aryl methyl sites for hydroxylation is 1. The number of thiophene rings is 1. The number of methoxy groups -OCH3 is 1. The first-order chi connectivity index (χ1) is 9.15. The van der Waals surface area contributed by atoms with E-state index in [2.05, 4.69) is 33.8 Å². The van der Waals surface area contributed by atoms with E-state index in [0.29, 0.717) is 12.6 Å². The van der Waals surface area contributed by atoms with Crippen LogP contribution in [-0.4, -0.2) is 38.3 Å². The summed E-state index contributed by atoms with van der Waals surface area (Å²) >= 11 is 5.46. The van der Waals surface area contributed by atoms with Gasteiger partial charge in [-0.15, -0.1) is 11.3 Å². The Balaban J connectivity index is 1.99. The van der Waals surface area contributed by atoms with Gasteiger partial charge in [-0.1, -0.05) is 0 Å². The van der Waals surface area contributed by atoms with Crippen LogP contribution in [-0.2, 0) is 4.74 Å². The van der Waals surface area contributed by atoms with Crippen molar-refractivity contribution in [2.75, 3.05) is 33.4 Å². The topological polar surface area (TPSA) is 38.5 Å². The van der Waals surface area contributed by atoms with Crippen molar-refractivity contribution < 1.29 is 4.74 Å². The van der Waals surface area contributed by atoms with E-state index in [1.54, 1.807) is 7.11 Å². The lowest BCUT2D eigenvalue weighted by Gasteiger charge is -2.36. The predicted molar refractivity (Wildman–Crippen MR) is 84.7 cm³/mol. The molecule has 0 aliphatic carbocycles. The molecule has 1 fully saturated rings. The van der Waals surface area contributed by atoms with E-state index >= 15 is 0 Å². The molecule has 5 heteroatoms. The summed E-state index contributed by atoms with van der Waals surface area (Å²) < 4.78 is 6.47. The maximum atomic E-state index is 6.01. The predicted octanol–water partition coefficient (Wildman–Crippen LogP) is 3.18. The number of nitrogens with two attached hydrogens (primary N) is 1. The van der Waals surface area contributed by atoms with E-state index in [9.17, 15) is 0 Å². The van der Waals surface area contributed by atoms with Crippen LogP contribution in [0.2, 0.25) is 0 Å². The average molecular weight is 347 g/mol. The standard InChI is InChI=1S/C14H23BrN2OS/c1-10-12(15)7-14(19-10)13(8-16)17-5-3-11(4-6-17)9-18-2/h7,11,13H,3-6,8-9,16H2,1-2H3. The molecule has 0 bridgehead atoms. The van der Waals surface area contributed by atoms with Gasteiger partial charge in [-0.3, -0.25) is 4.90 Å². The van der Waals surface area contributed by atoms with Gasteiger partial charge in [0.25, 0.3) is 0 Å². The number of piperidine rings is 1. The van der Waals surface area contributed by atoms with E-state index in [1.807, 2.05) is 11.3 Å². The summed E-state index contributed by atoms with van der Waals surface area (Å²) in [6, 6.07) is 2.61. The maximum absolute atomic E-state index is 6.01. The molecule has 0 saturated carbocycles. The Morgan fingerprint density at radius 2 is 2.21 bits per heavy atom. The molecule has 3 nitrogen and oxygen atoms in total. The van der Waals surface area contributed by atoms with Crippen molar-refractivity contribution in [1.82, 2.24) is 4.90 Å². The van der Waals surface area contributed by atoms with Crippen LogP contribution in [0.3, 0.4) is 0 Å². The Morgan fingerprint density at radius 1 is 1.53 bits per heavy atom. The molecule has 1 aromatic rings. The Labute approximate surface area is 128 Å². The van der Waals surface area contributed by atoms with Gasteiger partial charge in [-0.05, 0) is 60.8 Å². The lowest BCUT2D eigenvalue weighted by atomic mass is 9.96. The Kier molecular flexibility index (Phi) is 5.84. The number of nitrogens with zero attached hydrogens (tertiary/aromatic N) is 1. The third-order valence-electron chi connectivity index (χ3n) is 3.92. The number of ether oxygens (including phenoxy) is 1. The van der Waals surface area contributed by atoms with Crippen LogP contribution in [0.25, 0.3) is 0 Å². The highest BCUT2D eigenvalue weighted by Gasteiger charge is 2.26. The fraction of sp³-hybridized carbons (Fsp3) is 0.714. The lowest BCUT2D eigenvalue weighted by Crippen LogP contribution is -2.40. The zero-order valence-corrected chi connectivity index (χ0v) is 14.1. The number of rotatable bonds is 5. The number of hydrogen-bond acceptors (Lipinski definition) is 4. The lowest BCUT2D eigenvalue weighted by molar-refractivity contribution is 0.0818. The molecule has 0 amide bonds. The van der Waals surface area contributed by atoms with E-state index in [-0.39, 0.29) is 0 Å². The zero-order valence-electron chi connectivity index (χ0n) is 11.7. The largest absolute Gasteiger partial charge is 0.384 e. The number of likely N-dealkylation sites (tertiary alicyclic amines) is 1. The van der Waals surface area contributed by atoms with Gasteiger partial charge in [0.05, 0.1) is 6.04 Å². The molecule has 0 aromatic carbocycles. The molecule has 0 spiro atoms. The third-order valence-corrected chi connectivity index (χ3v) is 6.16. The fourth-order valence-corrected chi connectivity index (χ4v) is 4.47. The van der Waals surface area contributed by atoms with Gasteiger partial charge >= 0.3 is 0 Å². The zero-order chi connectivity index (χ0) is 13.8. The fourth-order valence-electron chi connectivity index (χ4n) is 2.76. The molecular formula is C14H23BrN2OS. The summed E-state index contributed by atoms with van der Waals surface area (Å²) in [4.78, 5) is 5.25. The smallest absolute Gasteiger partial charge is 0.0564 e. The van der Waals surface area contributed by atoms with Crippen molar-refractivity contribution in [1.29, 1.82) is 0 Å². The second-order valence-electron chi connectivity index (χ2n) is 5.24. The minimum absolute atomic E-state index is 0.374. The van der Waals surface area contributed by atoms with Crippen LogP contribution in [0.4, 0.5) is 0 Å². The van der Waals surface area contributed by atoms with Crippen LogP contribution in [0.15, 0.2) is 10.5 Å². The summed E-state index contributed by atoms with van der Waals surface area (Å²) in [5, 5.41) is 0. The molecule has 108 valence electrons. The molecule has 0 radical (unpaired) electrons. The second-order valence-corrected chi connectivity index (χ2v) is 7.38. The molecule has 1 aliphatic heterocycles. The van der Waals surface area contributed by atoms with Crippen LogP contribution >= 0.6 is 27.3 Å². The maximum Gasteiger partial charge on any atom is 0.0564 e. The first kappa shape index (κ1) is 15.4. The molecule has 1 atom stereocenters. The summed E-state index contributed by atoms with van der Waals surface area (Å²) in [6.07, 6.45) is 2.44. The first-order valence-corrected chi connectivity index (χ1v) is 8.45. The Bertz CT molecular complexity index is 383. The first-order valence-electron chi connectivity index (χ1n) is 6.84. The van der Waals surface area contributed by atoms with Gasteiger partial charge in [-0.25, -0.2) is 0 Å². The van der Waals surface area contributed by atoms with Crippen molar-refractivity contribution >= 4 is 27.3 Å². The molecule has 2 rings (SSSR count). The minimum atomic E-state index is 0.374. The third kappa shape index (κ3) is 3.79. The molecule has 1 aromatic heterocycles. The van der Waals surface area contributed by atoms with Gasteiger partial charge in [0.15, 0.2) is 0 Å². The molecule has 2 heterocycles. The van der Waals surface area contributed by atoms with Gasteiger partial charge in [-0.2, -0.15) is 0 Å². The van der Waals surface area contributed by atoms with Crippen molar-refractivity contribution in [3.63, 3.8) is 0 Å². The summed E-state index contributed by atoms with van der Waals surface area (Å²) in [6.45, 7) is 6.00.